The smallest absolute Gasteiger partial charge is 0.225 e. The zero-order chi connectivity index (χ0) is 17.1. The van der Waals surface area contributed by atoms with Crippen LogP contribution in [0.2, 0.25) is 0 Å². The fourth-order valence-electron chi connectivity index (χ4n) is 4.41. The standard InChI is InChI=1S/C18H18BrNO4/c1-23-12-8-11(19)14-10(17(20)22)3-2-5-18-6-4-9(21)7-13(18)24-16(12)15(14)18/h4,6,8,10,13H,2-3,5,7H2,1H3,(H2,20,22)/t10-,13-,18+/m0/s1. The number of rotatable bonds is 2. The summed E-state index contributed by atoms with van der Waals surface area (Å²) in [4.78, 5) is 24.0. The number of methoxy groups -OCH3 is 1. The molecule has 3 atom stereocenters. The van der Waals surface area contributed by atoms with E-state index in [0.717, 1.165) is 28.4 Å². The Hall–Kier alpha value is -1.82. The summed E-state index contributed by atoms with van der Waals surface area (Å²) in [6.07, 6.45) is 6.07. The Kier molecular flexibility index (Phi) is 3.49. The number of halogens is 1. The average molecular weight is 392 g/mol. The molecule has 0 aromatic heterocycles. The lowest BCUT2D eigenvalue weighted by Crippen LogP contribution is -2.40. The molecule has 0 radical (unpaired) electrons. The van der Waals surface area contributed by atoms with Crippen LogP contribution in [0.3, 0.4) is 0 Å². The van der Waals surface area contributed by atoms with E-state index in [1.165, 1.54) is 0 Å². The van der Waals surface area contributed by atoms with Crippen LogP contribution in [0.1, 0.15) is 42.7 Å². The van der Waals surface area contributed by atoms with Crippen LogP contribution in [0.25, 0.3) is 0 Å². The topological polar surface area (TPSA) is 78.6 Å². The molecule has 0 saturated carbocycles. The number of primary amides is 1. The summed E-state index contributed by atoms with van der Waals surface area (Å²) < 4.78 is 12.5. The predicted octanol–water partition coefficient (Wildman–Crippen LogP) is 2.74. The van der Waals surface area contributed by atoms with E-state index in [-0.39, 0.29) is 29.1 Å². The maximum absolute atomic E-state index is 12.1. The largest absolute Gasteiger partial charge is 0.493 e. The normalized spacial score (nSPS) is 30.2. The molecule has 4 rings (SSSR count). The Morgan fingerprint density at radius 1 is 1.50 bits per heavy atom. The first-order chi connectivity index (χ1) is 11.5. The minimum absolute atomic E-state index is 0.0636. The van der Waals surface area contributed by atoms with Crippen molar-refractivity contribution in [2.45, 2.75) is 43.1 Å². The fraction of sp³-hybridized carbons (Fsp3) is 0.444. The van der Waals surface area contributed by atoms with E-state index in [0.29, 0.717) is 24.3 Å². The SMILES string of the molecule is COc1cc(Br)c2c3c1O[C@H]1CC(=O)C=C[C@@]31CCC[C@@H]2C(N)=O. The molecule has 126 valence electrons. The Morgan fingerprint density at radius 2 is 2.29 bits per heavy atom. The number of ether oxygens (including phenoxy) is 2. The van der Waals surface area contributed by atoms with E-state index in [4.69, 9.17) is 15.2 Å². The number of carbonyl (C=O) groups is 2. The molecule has 0 unspecified atom stereocenters. The summed E-state index contributed by atoms with van der Waals surface area (Å²) in [6.45, 7) is 0. The molecular formula is C18H18BrNO4. The van der Waals surface area contributed by atoms with Gasteiger partial charge < -0.3 is 15.2 Å². The van der Waals surface area contributed by atoms with Crippen LogP contribution < -0.4 is 15.2 Å². The highest BCUT2D eigenvalue weighted by molar-refractivity contribution is 9.10. The highest BCUT2D eigenvalue weighted by Crippen LogP contribution is 2.59. The van der Waals surface area contributed by atoms with Crippen LogP contribution in [0, 0.1) is 0 Å². The lowest BCUT2D eigenvalue weighted by molar-refractivity contribution is -0.119. The maximum Gasteiger partial charge on any atom is 0.225 e. The van der Waals surface area contributed by atoms with E-state index < -0.39 is 0 Å². The number of ketones is 1. The predicted molar refractivity (Wildman–Crippen MR) is 91.3 cm³/mol. The van der Waals surface area contributed by atoms with Gasteiger partial charge in [-0.1, -0.05) is 28.4 Å². The van der Waals surface area contributed by atoms with Gasteiger partial charge in [0, 0.05) is 16.5 Å². The first-order valence-corrected chi connectivity index (χ1v) is 8.86. The van der Waals surface area contributed by atoms with E-state index in [1.54, 1.807) is 13.2 Å². The molecule has 2 N–H and O–H groups in total. The number of hydrogen-bond donors (Lipinski definition) is 1. The van der Waals surface area contributed by atoms with Crippen LogP contribution in [0.15, 0.2) is 22.7 Å². The molecule has 1 aromatic carbocycles. The summed E-state index contributed by atoms with van der Waals surface area (Å²) in [6, 6.07) is 1.83. The molecule has 5 nitrogen and oxygen atoms in total. The monoisotopic (exact) mass is 391 g/mol. The second-order valence-corrected chi connectivity index (χ2v) is 7.53. The quantitative estimate of drug-likeness (QED) is 0.840. The highest BCUT2D eigenvalue weighted by Gasteiger charge is 2.54. The van der Waals surface area contributed by atoms with Crippen LogP contribution in [-0.4, -0.2) is 24.9 Å². The highest BCUT2D eigenvalue weighted by atomic mass is 79.9. The lowest BCUT2D eigenvalue weighted by Gasteiger charge is -2.33. The van der Waals surface area contributed by atoms with Crippen molar-refractivity contribution in [1.29, 1.82) is 0 Å². The summed E-state index contributed by atoms with van der Waals surface area (Å²) in [7, 11) is 1.59. The van der Waals surface area contributed by atoms with Gasteiger partial charge in [-0.25, -0.2) is 0 Å². The Morgan fingerprint density at radius 3 is 3.00 bits per heavy atom. The van der Waals surface area contributed by atoms with Crippen molar-refractivity contribution < 1.29 is 19.1 Å². The van der Waals surface area contributed by atoms with Gasteiger partial charge in [0.05, 0.1) is 18.4 Å². The van der Waals surface area contributed by atoms with Crippen molar-refractivity contribution in [3.63, 3.8) is 0 Å². The van der Waals surface area contributed by atoms with Crippen molar-refractivity contribution >= 4 is 27.6 Å². The van der Waals surface area contributed by atoms with Gasteiger partial charge in [0.2, 0.25) is 5.91 Å². The number of hydrogen-bond acceptors (Lipinski definition) is 4. The zero-order valence-corrected chi connectivity index (χ0v) is 14.9. The second-order valence-electron chi connectivity index (χ2n) is 6.68. The number of nitrogens with two attached hydrogens (primary N) is 1. The Balaban J connectivity index is 2.05. The molecule has 24 heavy (non-hydrogen) atoms. The molecule has 1 aromatic rings. The van der Waals surface area contributed by atoms with Crippen LogP contribution >= 0.6 is 15.9 Å². The Labute approximate surface area is 148 Å². The zero-order valence-electron chi connectivity index (χ0n) is 13.3. The van der Waals surface area contributed by atoms with Crippen molar-refractivity contribution in [3.8, 4) is 11.5 Å². The van der Waals surface area contributed by atoms with E-state index in [2.05, 4.69) is 15.9 Å². The fourth-order valence-corrected chi connectivity index (χ4v) is 5.09. The van der Waals surface area contributed by atoms with Crippen LogP contribution in [-0.2, 0) is 15.0 Å². The number of allylic oxidation sites excluding steroid dienone is 1. The summed E-state index contributed by atoms with van der Waals surface area (Å²) >= 11 is 3.60. The number of benzene rings is 1. The van der Waals surface area contributed by atoms with Gasteiger partial charge in [0.1, 0.15) is 6.10 Å². The van der Waals surface area contributed by atoms with Crippen molar-refractivity contribution in [2.24, 2.45) is 5.73 Å². The van der Waals surface area contributed by atoms with Gasteiger partial charge in [-0.15, -0.1) is 0 Å². The summed E-state index contributed by atoms with van der Waals surface area (Å²) in [5, 5.41) is 0. The molecule has 0 saturated heterocycles. The molecule has 1 amide bonds. The number of amides is 1. The molecule has 0 bridgehead atoms. The van der Waals surface area contributed by atoms with Gasteiger partial charge in [-0.05, 0) is 30.5 Å². The minimum atomic E-state index is -0.389. The van der Waals surface area contributed by atoms with Crippen LogP contribution in [0.4, 0.5) is 0 Å². The minimum Gasteiger partial charge on any atom is -0.493 e. The molecule has 2 aliphatic carbocycles. The van der Waals surface area contributed by atoms with Crippen molar-refractivity contribution in [2.75, 3.05) is 7.11 Å². The van der Waals surface area contributed by atoms with Crippen molar-refractivity contribution in [3.05, 3.63) is 33.8 Å². The first-order valence-electron chi connectivity index (χ1n) is 8.07. The van der Waals surface area contributed by atoms with Gasteiger partial charge in [-0.3, -0.25) is 9.59 Å². The average Bonchev–Trinajstić information content (AvgIpc) is 2.75. The second kappa shape index (κ2) is 5.34. The first kappa shape index (κ1) is 15.7. The van der Waals surface area contributed by atoms with E-state index >= 15 is 0 Å². The van der Waals surface area contributed by atoms with Crippen LogP contribution in [0.5, 0.6) is 11.5 Å². The van der Waals surface area contributed by atoms with Crippen molar-refractivity contribution in [1.82, 2.24) is 0 Å². The maximum atomic E-state index is 12.1. The van der Waals surface area contributed by atoms with Gasteiger partial charge in [-0.2, -0.15) is 0 Å². The molecule has 1 heterocycles. The Bertz CT molecular complexity index is 788. The molecule has 1 spiro atoms. The lowest BCUT2D eigenvalue weighted by atomic mass is 9.69. The molecule has 0 fully saturated rings. The number of carbonyl (C=O) groups excluding carboxylic acids is 2. The van der Waals surface area contributed by atoms with Gasteiger partial charge in [0.25, 0.3) is 0 Å². The summed E-state index contributed by atoms with van der Waals surface area (Å²) in [5.74, 6) is 0.619. The third-order valence-corrected chi connectivity index (χ3v) is 6.14. The third kappa shape index (κ3) is 1.98. The van der Waals surface area contributed by atoms with E-state index in [9.17, 15) is 9.59 Å². The molecule has 6 heteroatoms. The summed E-state index contributed by atoms with van der Waals surface area (Å²) in [5.41, 5.74) is 7.15. The van der Waals surface area contributed by atoms with E-state index in [1.807, 2.05) is 12.1 Å². The van der Waals surface area contributed by atoms with Gasteiger partial charge in [0.15, 0.2) is 17.3 Å². The van der Waals surface area contributed by atoms with Gasteiger partial charge >= 0.3 is 0 Å². The third-order valence-electron chi connectivity index (χ3n) is 5.48. The molecule has 3 aliphatic rings. The molecule has 1 aliphatic heterocycles. The molecular weight excluding hydrogens is 374 g/mol.